The maximum Gasteiger partial charge on any atom is 0.293 e. The number of thioether (sulfide) groups is 1. The number of halogens is 1. The highest BCUT2D eigenvalue weighted by Gasteiger charge is 2.40. The van der Waals surface area contributed by atoms with Crippen molar-refractivity contribution in [1.82, 2.24) is 10.2 Å². The van der Waals surface area contributed by atoms with Gasteiger partial charge >= 0.3 is 0 Å². The van der Waals surface area contributed by atoms with Gasteiger partial charge in [-0.25, -0.2) is 4.39 Å². The molecule has 1 saturated heterocycles. The maximum absolute atomic E-state index is 13.0. The molecule has 0 unspecified atom stereocenters. The first-order valence-corrected chi connectivity index (χ1v) is 10.6. The van der Waals surface area contributed by atoms with Crippen LogP contribution in [-0.4, -0.2) is 35.0 Å². The van der Waals surface area contributed by atoms with E-state index >= 15 is 0 Å². The first-order chi connectivity index (χ1) is 13.5. The third-order valence-electron chi connectivity index (χ3n) is 6.03. The van der Waals surface area contributed by atoms with Crippen LogP contribution in [0, 0.1) is 23.6 Å². The highest BCUT2D eigenvalue weighted by molar-refractivity contribution is 8.18. The van der Waals surface area contributed by atoms with Crippen molar-refractivity contribution >= 4 is 34.9 Å². The topological polar surface area (TPSA) is 66.5 Å². The molecule has 0 aromatic heterocycles. The predicted molar refractivity (Wildman–Crippen MR) is 106 cm³/mol. The molecule has 3 amide bonds. The average Bonchev–Trinajstić information content (AvgIpc) is 3.35. The van der Waals surface area contributed by atoms with Crippen LogP contribution in [0.25, 0.3) is 6.08 Å². The number of rotatable bonds is 6. The zero-order chi connectivity index (χ0) is 19.7. The Kier molecular flexibility index (Phi) is 5.53. The highest BCUT2D eigenvalue weighted by atomic mass is 32.2. The van der Waals surface area contributed by atoms with Crippen LogP contribution in [-0.2, 0) is 9.59 Å². The summed E-state index contributed by atoms with van der Waals surface area (Å²) in [5, 5.41) is 2.51. The lowest BCUT2D eigenvalue weighted by Crippen LogP contribution is -2.38. The standard InChI is InChI=1S/C21H23FN2O3S/c22-17-5-2-13(3-6-17)11-18-20(26)24(21(27)28-18)8-7-23-19(25)12-16-10-14-1-4-15(16)9-14/h2-3,5-6,11,14-16H,1,4,7-10,12H2,(H,23,25)/b18-11-/t14-,15+,16+/m0/s1. The fraction of sp³-hybridized carbons (Fsp3) is 0.476. The van der Waals surface area contributed by atoms with E-state index in [1.165, 1.54) is 31.4 Å². The summed E-state index contributed by atoms with van der Waals surface area (Å²) in [6.07, 6.45) is 7.13. The van der Waals surface area contributed by atoms with E-state index in [0.29, 0.717) is 28.7 Å². The molecule has 7 heteroatoms. The molecule has 28 heavy (non-hydrogen) atoms. The molecule has 1 aromatic carbocycles. The number of fused-ring (bicyclic) bond motifs is 2. The summed E-state index contributed by atoms with van der Waals surface area (Å²) in [7, 11) is 0. The first kappa shape index (κ1) is 19.2. The molecular formula is C21H23FN2O3S. The van der Waals surface area contributed by atoms with Gasteiger partial charge < -0.3 is 5.32 Å². The maximum atomic E-state index is 13.0. The Morgan fingerprint density at radius 1 is 1.21 bits per heavy atom. The van der Waals surface area contributed by atoms with Crippen molar-refractivity contribution in [3.8, 4) is 0 Å². The summed E-state index contributed by atoms with van der Waals surface area (Å²) >= 11 is 0.866. The number of amides is 3. The lowest BCUT2D eigenvalue weighted by molar-refractivity contribution is -0.124. The van der Waals surface area contributed by atoms with Gasteiger partial charge in [-0.05, 0) is 72.6 Å². The molecular weight excluding hydrogens is 379 g/mol. The molecule has 2 bridgehead atoms. The number of carbonyl (C=O) groups excluding carboxylic acids is 3. The fourth-order valence-corrected chi connectivity index (χ4v) is 5.51. The minimum Gasteiger partial charge on any atom is -0.354 e. The van der Waals surface area contributed by atoms with E-state index in [1.54, 1.807) is 18.2 Å². The Hall–Kier alpha value is -2.15. The van der Waals surface area contributed by atoms with Crippen molar-refractivity contribution in [1.29, 1.82) is 0 Å². The van der Waals surface area contributed by atoms with Gasteiger partial charge in [0.2, 0.25) is 5.91 Å². The number of benzene rings is 1. The molecule has 3 atom stereocenters. The van der Waals surface area contributed by atoms with Gasteiger partial charge in [-0.15, -0.1) is 0 Å². The molecule has 1 N–H and O–H groups in total. The Morgan fingerprint density at radius 2 is 2.00 bits per heavy atom. The lowest BCUT2D eigenvalue weighted by atomic mass is 9.86. The molecule has 0 radical (unpaired) electrons. The molecule has 0 spiro atoms. The van der Waals surface area contributed by atoms with E-state index in [0.717, 1.165) is 29.0 Å². The van der Waals surface area contributed by atoms with Crippen LogP contribution in [0.2, 0.25) is 0 Å². The van der Waals surface area contributed by atoms with Crippen LogP contribution in [0.1, 0.15) is 37.7 Å². The second-order valence-electron chi connectivity index (χ2n) is 7.87. The van der Waals surface area contributed by atoms with E-state index in [1.807, 2.05) is 0 Å². The van der Waals surface area contributed by atoms with Crippen molar-refractivity contribution in [2.45, 2.75) is 32.1 Å². The predicted octanol–water partition coefficient (Wildman–Crippen LogP) is 3.80. The number of nitrogens with one attached hydrogen (secondary N) is 1. The normalized spacial score (nSPS) is 27.8. The SMILES string of the molecule is O=C(C[C@H]1C[C@H]2CC[C@@H]1C2)NCCN1C(=O)S/C(=C\c2ccc(F)cc2)C1=O. The molecule has 148 valence electrons. The Bertz CT molecular complexity index is 823. The largest absolute Gasteiger partial charge is 0.354 e. The summed E-state index contributed by atoms with van der Waals surface area (Å²) < 4.78 is 13.0. The fourth-order valence-electron chi connectivity index (χ4n) is 4.65. The van der Waals surface area contributed by atoms with Gasteiger partial charge in [0, 0.05) is 19.5 Å². The second kappa shape index (κ2) is 8.07. The van der Waals surface area contributed by atoms with Gasteiger partial charge in [-0.2, -0.15) is 0 Å². The summed E-state index contributed by atoms with van der Waals surface area (Å²) in [4.78, 5) is 38.3. The smallest absolute Gasteiger partial charge is 0.293 e. The Morgan fingerprint density at radius 3 is 2.68 bits per heavy atom. The van der Waals surface area contributed by atoms with Gasteiger partial charge in [-0.3, -0.25) is 19.3 Å². The number of nitrogens with zero attached hydrogens (tertiary/aromatic N) is 1. The molecule has 5 nitrogen and oxygen atoms in total. The van der Waals surface area contributed by atoms with E-state index in [9.17, 15) is 18.8 Å². The minimum absolute atomic E-state index is 0.00590. The summed E-state index contributed by atoms with van der Waals surface area (Å²) in [5.41, 5.74) is 0.658. The van der Waals surface area contributed by atoms with Crippen molar-refractivity contribution in [3.63, 3.8) is 0 Å². The van der Waals surface area contributed by atoms with Crippen LogP contribution in [0.5, 0.6) is 0 Å². The van der Waals surface area contributed by atoms with Crippen LogP contribution < -0.4 is 5.32 Å². The molecule has 4 rings (SSSR count). The average molecular weight is 402 g/mol. The Labute approximate surface area is 167 Å². The first-order valence-electron chi connectivity index (χ1n) is 9.77. The van der Waals surface area contributed by atoms with Gasteiger partial charge in [-0.1, -0.05) is 18.6 Å². The van der Waals surface area contributed by atoms with Crippen molar-refractivity contribution in [2.75, 3.05) is 13.1 Å². The molecule has 1 aliphatic heterocycles. The summed E-state index contributed by atoms with van der Waals surface area (Å²) in [5.74, 6) is 1.29. The zero-order valence-corrected chi connectivity index (χ0v) is 16.3. The zero-order valence-electron chi connectivity index (χ0n) is 15.5. The second-order valence-corrected chi connectivity index (χ2v) is 8.87. The van der Waals surface area contributed by atoms with Gasteiger partial charge in [0.25, 0.3) is 11.1 Å². The minimum atomic E-state index is -0.373. The molecule has 2 aliphatic carbocycles. The third kappa shape index (κ3) is 4.14. The number of hydrogen-bond acceptors (Lipinski definition) is 4. The summed E-state index contributed by atoms with van der Waals surface area (Å²) in [6.45, 7) is 0.426. The van der Waals surface area contributed by atoms with E-state index in [-0.39, 0.29) is 36.0 Å². The molecule has 1 heterocycles. The van der Waals surface area contributed by atoms with Gasteiger partial charge in [0.15, 0.2) is 0 Å². The van der Waals surface area contributed by atoms with Crippen molar-refractivity contribution in [3.05, 3.63) is 40.6 Å². The number of hydrogen-bond donors (Lipinski definition) is 1. The number of imide groups is 1. The van der Waals surface area contributed by atoms with Gasteiger partial charge in [0.1, 0.15) is 5.82 Å². The van der Waals surface area contributed by atoms with Crippen LogP contribution in [0.4, 0.5) is 9.18 Å². The van der Waals surface area contributed by atoms with E-state index < -0.39 is 0 Å². The summed E-state index contributed by atoms with van der Waals surface area (Å²) in [6, 6.07) is 5.72. The molecule has 3 aliphatic rings. The molecule has 3 fully saturated rings. The number of carbonyl (C=O) groups is 3. The van der Waals surface area contributed by atoms with Crippen molar-refractivity contribution in [2.24, 2.45) is 17.8 Å². The monoisotopic (exact) mass is 402 g/mol. The molecule has 2 saturated carbocycles. The van der Waals surface area contributed by atoms with Crippen LogP contribution in [0.3, 0.4) is 0 Å². The van der Waals surface area contributed by atoms with E-state index in [4.69, 9.17) is 0 Å². The highest BCUT2D eigenvalue weighted by Crippen LogP contribution is 2.49. The van der Waals surface area contributed by atoms with Crippen molar-refractivity contribution < 1.29 is 18.8 Å². The van der Waals surface area contributed by atoms with Gasteiger partial charge in [0.05, 0.1) is 4.91 Å². The Balaban J connectivity index is 1.26. The lowest BCUT2D eigenvalue weighted by Gasteiger charge is -2.21. The van der Waals surface area contributed by atoms with Crippen LogP contribution >= 0.6 is 11.8 Å². The quantitative estimate of drug-likeness (QED) is 0.735. The molecule has 1 aromatic rings. The third-order valence-corrected chi connectivity index (χ3v) is 6.94. The van der Waals surface area contributed by atoms with E-state index in [2.05, 4.69) is 5.32 Å². The van der Waals surface area contributed by atoms with Crippen LogP contribution in [0.15, 0.2) is 29.2 Å².